The maximum atomic E-state index is 12.0. The van der Waals surface area contributed by atoms with Crippen LogP contribution in [0.15, 0.2) is 54.6 Å². The Morgan fingerprint density at radius 3 is 2.28 bits per heavy atom. The number of nitrogens with one attached hydrogen (secondary N) is 3. The lowest BCUT2D eigenvalue weighted by atomic mass is 10.1. The molecule has 0 bridgehead atoms. The molecule has 2 rings (SSSR count). The number of hydrogen-bond donors (Lipinski definition) is 3. The normalized spacial score (nSPS) is 10.3. The fourth-order valence-corrected chi connectivity index (χ4v) is 2.12. The molecule has 2 aromatic carbocycles. The van der Waals surface area contributed by atoms with Crippen molar-refractivity contribution in [1.29, 1.82) is 0 Å². The largest absolute Gasteiger partial charge is 0.355 e. The number of rotatable bonds is 5. The fourth-order valence-electron chi connectivity index (χ4n) is 2.12. The fraction of sp³-hybridized carbons (Fsp3) is 0.105. The smallest absolute Gasteiger partial charge is 0.251 e. The first kappa shape index (κ1) is 17.9. The SMILES string of the molecule is CNC(=O)c1cccc(NC(=O)/C=C/c2ccc(NC(C)=O)cc2)c1. The summed E-state index contributed by atoms with van der Waals surface area (Å²) in [6.07, 6.45) is 3.06. The third-order valence-electron chi connectivity index (χ3n) is 3.28. The molecule has 25 heavy (non-hydrogen) atoms. The van der Waals surface area contributed by atoms with Crippen LogP contribution in [0.3, 0.4) is 0 Å². The van der Waals surface area contributed by atoms with Gasteiger partial charge in [0.15, 0.2) is 0 Å². The Hall–Kier alpha value is -3.41. The molecule has 3 amide bonds. The van der Waals surface area contributed by atoms with Crippen molar-refractivity contribution in [2.24, 2.45) is 0 Å². The maximum absolute atomic E-state index is 12.0. The van der Waals surface area contributed by atoms with E-state index in [2.05, 4.69) is 16.0 Å². The molecule has 2 aromatic rings. The van der Waals surface area contributed by atoms with Gasteiger partial charge in [-0.05, 0) is 42.0 Å². The van der Waals surface area contributed by atoms with Crippen LogP contribution in [0, 0.1) is 0 Å². The van der Waals surface area contributed by atoms with Gasteiger partial charge in [0.05, 0.1) is 0 Å². The van der Waals surface area contributed by atoms with Gasteiger partial charge < -0.3 is 16.0 Å². The molecular formula is C19H19N3O3. The lowest BCUT2D eigenvalue weighted by Gasteiger charge is -2.05. The predicted molar refractivity (Wildman–Crippen MR) is 98.2 cm³/mol. The number of carbonyl (C=O) groups is 3. The Kier molecular flexibility index (Phi) is 6.06. The van der Waals surface area contributed by atoms with Crippen LogP contribution in [0.25, 0.3) is 6.08 Å². The lowest BCUT2D eigenvalue weighted by molar-refractivity contribution is -0.114. The number of benzene rings is 2. The summed E-state index contributed by atoms with van der Waals surface area (Å²) in [5.41, 5.74) is 2.53. The summed E-state index contributed by atoms with van der Waals surface area (Å²) in [6.45, 7) is 1.44. The zero-order chi connectivity index (χ0) is 18.2. The van der Waals surface area contributed by atoms with Gasteiger partial charge in [0.25, 0.3) is 5.91 Å². The lowest BCUT2D eigenvalue weighted by Crippen LogP contribution is -2.18. The first-order chi connectivity index (χ1) is 12.0. The Bertz CT molecular complexity index is 811. The van der Waals surface area contributed by atoms with E-state index in [4.69, 9.17) is 0 Å². The topological polar surface area (TPSA) is 87.3 Å². The minimum absolute atomic E-state index is 0.137. The van der Waals surface area contributed by atoms with Gasteiger partial charge in [-0.3, -0.25) is 14.4 Å². The van der Waals surface area contributed by atoms with E-state index in [0.717, 1.165) is 5.56 Å². The number of amides is 3. The van der Waals surface area contributed by atoms with Crippen LogP contribution in [0.4, 0.5) is 11.4 Å². The summed E-state index contributed by atoms with van der Waals surface area (Å²) in [4.78, 5) is 34.6. The third kappa shape index (κ3) is 5.62. The highest BCUT2D eigenvalue weighted by atomic mass is 16.2. The highest BCUT2D eigenvalue weighted by molar-refractivity contribution is 6.03. The molecule has 6 nitrogen and oxygen atoms in total. The van der Waals surface area contributed by atoms with Crippen molar-refractivity contribution in [2.45, 2.75) is 6.92 Å². The van der Waals surface area contributed by atoms with E-state index in [1.807, 2.05) is 0 Å². The van der Waals surface area contributed by atoms with E-state index in [1.165, 1.54) is 13.0 Å². The molecule has 0 aliphatic rings. The van der Waals surface area contributed by atoms with E-state index < -0.39 is 0 Å². The van der Waals surface area contributed by atoms with E-state index in [0.29, 0.717) is 16.9 Å². The standard InChI is InChI=1S/C19H19N3O3/c1-13(23)21-16-9-6-14(7-10-16)8-11-18(24)22-17-5-3-4-15(12-17)19(25)20-2/h3-12H,1-2H3,(H,20,25)(H,21,23)(H,22,24)/b11-8+. The predicted octanol–water partition coefficient (Wildman–Crippen LogP) is 2.66. The quantitative estimate of drug-likeness (QED) is 0.733. The van der Waals surface area contributed by atoms with Gasteiger partial charge in [-0.2, -0.15) is 0 Å². The van der Waals surface area contributed by atoms with Crippen molar-refractivity contribution in [1.82, 2.24) is 5.32 Å². The maximum Gasteiger partial charge on any atom is 0.251 e. The van der Waals surface area contributed by atoms with Crippen LogP contribution in [0.5, 0.6) is 0 Å². The molecule has 0 heterocycles. The minimum Gasteiger partial charge on any atom is -0.355 e. The van der Waals surface area contributed by atoms with Gasteiger partial charge in [-0.15, -0.1) is 0 Å². The first-order valence-electron chi connectivity index (χ1n) is 7.67. The second kappa shape index (κ2) is 8.44. The molecule has 3 N–H and O–H groups in total. The molecule has 0 saturated carbocycles. The van der Waals surface area contributed by atoms with Gasteiger partial charge in [0.2, 0.25) is 11.8 Å². The van der Waals surface area contributed by atoms with Gasteiger partial charge in [-0.1, -0.05) is 18.2 Å². The zero-order valence-electron chi connectivity index (χ0n) is 14.0. The Labute approximate surface area is 145 Å². The Balaban J connectivity index is 1.99. The molecule has 0 aromatic heterocycles. The van der Waals surface area contributed by atoms with Crippen LogP contribution >= 0.6 is 0 Å². The van der Waals surface area contributed by atoms with E-state index in [9.17, 15) is 14.4 Å². The summed E-state index contributed by atoms with van der Waals surface area (Å²) in [7, 11) is 1.55. The molecule has 0 atom stereocenters. The third-order valence-corrected chi connectivity index (χ3v) is 3.28. The van der Waals surface area contributed by atoms with Crippen molar-refractivity contribution in [3.05, 3.63) is 65.7 Å². The molecule has 0 spiro atoms. The number of hydrogen-bond acceptors (Lipinski definition) is 3. The van der Waals surface area contributed by atoms with Crippen LogP contribution < -0.4 is 16.0 Å². The van der Waals surface area contributed by atoms with Gasteiger partial charge in [0, 0.05) is 37.0 Å². The molecular weight excluding hydrogens is 318 g/mol. The first-order valence-corrected chi connectivity index (χ1v) is 7.67. The summed E-state index contributed by atoms with van der Waals surface area (Å²) in [5, 5.41) is 7.91. The second-order valence-corrected chi connectivity index (χ2v) is 5.29. The van der Waals surface area contributed by atoms with Crippen LogP contribution in [-0.4, -0.2) is 24.8 Å². The number of carbonyl (C=O) groups excluding carboxylic acids is 3. The van der Waals surface area contributed by atoms with Gasteiger partial charge in [0.1, 0.15) is 0 Å². The highest BCUT2D eigenvalue weighted by Crippen LogP contribution is 2.12. The summed E-state index contributed by atoms with van der Waals surface area (Å²) < 4.78 is 0. The van der Waals surface area contributed by atoms with Crippen molar-refractivity contribution < 1.29 is 14.4 Å². The summed E-state index contributed by atoms with van der Waals surface area (Å²) in [6, 6.07) is 13.8. The van der Waals surface area contributed by atoms with E-state index >= 15 is 0 Å². The Morgan fingerprint density at radius 1 is 0.920 bits per heavy atom. The van der Waals surface area contributed by atoms with Crippen LogP contribution in [-0.2, 0) is 9.59 Å². The molecule has 0 saturated heterocycles. The average molecular weight is 337 g/mol. The minimum atomic E-state index is -0.306. The van der Waals surface area contributed by atoms with Crippen molar-refractivity contribution >= 4 is 35.2 Å². The van der Waals surface area contributed by atoms with Crippen LogP contribution in [0.1, 0.15) is 22.8 Å². The molecule has 6 heteroatoms. The average Bonchev–Trinajstić information content (AvgIpc) is 2.60. The zero-order valence-corrected chi connectivity index (χ0v) is 14.0. The van der Waals surface area contributed by atoms with Gasteiger partial charge in [-0.25, -0.2) is 0 Å². The molecule has 0 aliphatic carbocycles. The van der Waals surface area contributed by atoms with E-state index in [-0.39, 0.29) is 17.7 Å². The van der Waals surface area contributed by atoms with Crippen molar-refractivity contribution in [3.8, 4) is 0 Å². The van der Waals surface area contributed by atoms with Crippen molar-refractivity contribution in [2.75, 3.05) is 17.7 Å². The second-order valence-electron chi connectivity index (χ2n) is 5.29. The summed E-state index contributed by atoms with van der Waals surface area (Å²) >= 11 is 0. The molecule has 128 valence electrons. The molecule has 0 aliphatic heterocycles. The monoisotopic (exact) mass is 337 g/mol. The van der Waals surface area contributed by atoms with Gasteiger partial charge >= 0.3 is 0 Å². The Morgan fingerprint density at radius 2 is 1.64 bits per heavy atom. The summed E-state index contributed by atoms with van der Waals surface area (Å²) in [5.74, 6) is -0.660. The number of anilines is 2. The van der Waals surface area contributed by atoms with Crippen molar-refractivity contribution in [3.63, 3.8) is 0 Å². The highest BCUT2D eigenvalue weighted by Gasteiger charge is 2.04. The molecule has 0 unspecified atom stereocenters. The van der Waals surface area contributed by atoms with E-state index in [1.54, 1.807) is 61.7 Å². The van der Waals surface area contributed by atoms with Crippen LogP contribution in [0.2, 0.25) is 0 Å². The molecule has 0 radical (unpaired) electrons. The molecule has 0 fully saturated rings.